The van der Waals surface area contributed by atoms with Gasteiger partial charge in [-0.15, -0.1) is 10.0 Å². The summed E-state index contributed by atoms with van der Waals surface area (Å²) in [5.41, 5.74) is 20.0. The number of hydrogen-bond donors (Lipinski definition) is 0. The fourth-order valence-electron chi connectivity index (χ4n) is 12.7. The maximum Gasteiger partial charge on any atom is 0.0623 e. The van der Waals surface area contributed by atoms with Gasteiger partial charge in [-0.2, -0.15) is 0 Å². The van der Waals surface area contributed by atoms with E-state index in [-0.39, 0.29) is 0 Å². The molecule has 1 aliphatic rings. The largest absolute Gasteiger partial charge is 0.312 e. The van der Waals surface area contributed by atoms with Gasteiger partial charge in [0.2, 0.25) is 0 Å². The van der Waals surface area contributed by atoms with Crippen molar-refractivity contribution in [2.75, 3.05) is 0 Å². The second kappa shape index (κ2) is 20.3. The van der Waals surface area contributed by atoms with Crippen LogP contribution in [0.1, 0.15) is 17.7 Å². The third kappa shape index (κ3) is 8.23. The lowest BCUT2D eigenvalue weighted by Gasteiger charge is -2.43. The summed E-state index contributed by atoms with van der Waals surface area (Å²) in [7, 11) is -2.30. The SMILES string of the molecule is c1cccc(-c2cc(S(c3ccccc3)(c3ccccc3)c3cc(-c4ccccc4)cc(-c4ccccc4)c3)cc(-c3ccccc3)c2-n2c3c(c4cc(-c5ccc6c(c5)c5ccccc5n6-c5ccccc5)ccc42)C=CCC3)c#1. The number of allylic oxidation sites excluding steroid dienone is 1. The Hall–Kier alpha value is -10.1. The van der Waals surface area contributed by atoms with Crippen LogP contribution in [0.25, 0.3) is 106 Å². The molecule has 382 valence electrons. The molecule has 0 saturated carbocycles. The maximum atomic E-state index is 3.68. The third-order valence-corrected chi connectivity index (χ3v) is 20.2. The molecule has 2 aromatic heterocycles. The van der Waals surface area contributed by atoms with Gasteiger partial charge in [-0.3, -0.25) is 0 Å². The van der Waals surface area contributed by atoms with Crippen LogP contribution < -0.4 is 0 Å². The second-order valence-electron chi connectivity index (χ2n) is 20.9. The third-order valence-electron chi connectivity index (χ3n) is 16.3. The minimum Gasteiger partial charge on any atom is -0.312 e. The average molecular weight is 1050 g/mol. The molecule has 0 atom stereocenters. The fourth-order valence-corrected chi connectivity index (χ4v) is 16.6. The summed E-state index contributed by atoms with van der Waals surface area (Å²) in [6.45, 7) is 0. The van der Waals surface area contributed by atoms with E-state index in [1.165, 1.54) is 96.9 Å². The molecule has 0 aliphatic heterocycles. The number of fused-ring (bicyclic) bond motifs is 6. The van der Waals surface area contributed by atoms with Gasteiger partial charge in [-0.25, -0.2) is 0 Å². The normalized spacial score (nSPS) is 12.4. The molecule has 0 unspecified atom stereocenters. The van der Waals surface area contributed by atoms with Gasteiger partial charge < -0.3 is 9.13 Å². The molecule has 0 radical (unpaired) electrons. The van der Waals surface area contributed by atoms with Crippen LogP contribution in [0.2, 0.25) is 0 Å². The zero-order valence-electron chi connectivity index (χ0n) is 44.6. The first-order valence-electron chi connectivity index (χ1n) is 27.9. The number of para-hydroxylation sites is 2. The van der Waals surface area contributed by atoms with Gasteiger partial charge in [0.05, 0.1) is 22.2 Å². The minimum atomic E-state index is -2.30. The summed E-state index contributed by atoms with van der Waals surface area (Å²) in [5, 5.41) is 3.73. The van der Waals surface area contributed by atoms with Crippen molar-refractivity contribution in [3.05, 3.63) is 321 Å². The maximum absolute atomic E-state index is 3.68. The Bertz CT molecular complexity index is 4480. The van der Waals surface area contributed by atoms with E-state index in [1.807, 2.05) is 6.07 Å². The van der Waals surface area contributed by atoms with Crippen molar-refractivity contribution in [3.63, 3.8) is 0 Å². The molecule has 15 rings (SSSR count). The first-order valence-corrected chi connectivity index (χ1v) is 29.6. The van der Waals surface area contributed by atoms with E-state index in [9.17, 15) is 0 Å². The van der Waals surface area contributed by atoms with Gasteiger partial charge in [0.25, 0.3) is 0 Å². The van der Waals surface area contributed by atoms with Gasteiger partial charge in [0.1, 0.15) is 0 Å². The number of rotatable bonds is 11. The van der Waals surface area contributed by atoms with Crippen molar-refractivity contribution in [3.8, 4) is 67.0 Å². The lowest BCUT2D eigenvalue weighted by Crippen LogP contribution is -2.10. The summed E-state index contributed by atoms with van der Waals surface area (Å²) in [6.07, 6.45) is 6.59. The van der Waals surface area contributed by atoms with Crippen LogP contribution in [0.15, 0.2) is 317 Å². The molecule has 1 aliphatic carbocycles. The van der Waals surface area contributed by atoms with E-state index in [2.05, 4.69) is 319 Å². The number of aromatic nitrogens is 2. The average Bonchev–Trinajstić information content (AvgIpc) is 3.82. The quantitative estimate of drug-likeness (QED) is 0.122. The number of hydrogen-bond acceptors (Lipinski definition) is 0. The molecule has 0 fully saturated rings. The van der Waals surface area contributed by atoms with E-state index in [0.29, 0.717) is 0 Å². The topological polar surface area (TPSA) is 9.86 Å². The van der Waals surface area contributed by atoms with Gasteiger partial charge in [-0.05, 0) is 161 Å². The van der Waals surface area contributed by atoms with Crippen LogP contribution in [0.5, 0.6) is 0 Å². The van der Waals surface area contributed by atoms with Gasteiger partial charge in [0, 0.05) is 69.4 Å². The highest BCUT2D eigenvalue weighted by Gasteiger charge is 2.37. The molecule has 2 nitrogen and oxygen atoms in total. The van der Waals surface area contributed by atoms with Crippen LogP contribution in [-0.4, -0.2) is 9.13 Å². The molecule has 2 heterocycles. The van der Waals surface area contributed by atoms with Crippen molar-refractivity contribution in [1.82, 2.24) is 9.13 Å². The zero-order chi connectivity index (χ0) is 53.7. The minimum absolute atomic E-state index is 0.901. The van der Waals surface area contributed by atoms with Crippen molar-refractivity contribution in [1.29, 1.82) is 0 Å². The predicted molar refractivity (Wildman–Crippen MR) is 340 cm³/mol. The number of nitrogens with zero attached hydrogens (tertiary/aromatic N) is 2. The van der Waals surface area contributed by atoms with Crippen molar-refractivity contribution < 1.29 is 0 Å². The molecular formula is C78H54N2S. The van der Waals surface area contributed by atoms with Crippen molar-refractivity contribution in [2.45, 2.75) is 32.4 Å². The Balaban J connectivity index is 1.02. The highest BCUT2D eigenvalue weighted by molar-refractivity contribution is 8.34. The van der Waals surface area contributed by atoms with E-state index >= 15 is 0 Å². The molecule has 0 saturated heterocycles. The fraction of sp³-hybridized carbons (Fsp3) is 0.0256. The molecular weight excluding hydrogens is 997 g/mol. The molecule has 3 heteroatoms. The van der Waals surface area contributed by atoms with Gasteiger partial charge in [-0.1, -0.05) is 206 Å². The second-order valence-corrected chi connectivity index (χ2v) is 24.1. The van der Waals surface area contributed by atoms with E-state index in [4.69, 9.17) is 0 Å². The molecule has 14 aromatic rings. The molecule has 0 spiro atoms. The van der Waals surface area contributed by atoms with Crippen LogP contribution in [-0.2, 0) is 6.42 Å². The lowest BCUT2D eigenvalue weighted by molar-refractivity contribution is 0.889. The lowest BCUT2D eigenvalue weighted by atomic mass is 9.95. The number of benzene rings is 11. The Morgan fingerprint density at radius 2 is 0.864 bits per heavy atom. The monoisotopic (exact) mass is 1050 g/mol. The molecule has 0 bridgehead atoms. The Kier molecular flexibility index (Phi) is 12.0. The van der Waals surface area contributed by atoms with Gasteiger partial charge >= 0.3 is 0 Å². The van der Waals surface area contributed by atoms with Crippen LogP contribution in [0, 0.1) is 12.1 Å². The summed E-state index contributed by atoms with van der Waals surface area (Å²) < 4.78 is 5.01. The highest BCUT2D eigenvalue weighted by atomic mass is 32.3. The Labute approximate surface area is 475 Å². The first kappa shape index (κ1) is 48.1. The van der Waals surface area contributed by atoms with Crippen molar-refractivity contribution in [2.24, 2.45) is 0 Å². The standard InChI is InChI=1S/C78H54N2S/c1-8-26-55(27-9-1)61-48-62(56-28-10-2-11-29-56)50-66(49-61)81(64-36-18-6-19-37-64,65-38-20-7-21-39-65)67-53-70(57-30-12-3-13-31-57)78(71(54-67)58-32-14-4-15-33-58)80-75-43-25-23-41-69(75)73-52-60(45-47-77(73)80)59-44-46-76-72(51-59)68-40-22-24-42-74(68)79(76)63-34-16-5-17-35-63/h1-14,16-24,26-32,34-42,44-54H,25,43H2. The summed E-state index contributed by atoms with van der Waals surface area (Å²) >= 11 is 0. The summed E-state index contributed by atoms with van der Waals surface area (Å²) in [6, 6.07) is 115. The van der Waals surface area contributed by atoms with Crippen molar-refractivity contribution >= 4 is 48.8 Å². The Morgan fingerprint density at radius 1 is 0.346 bits per heavy atom. The van der Waals surface area contributed by atoms with Gasteiger partial charge in [0.15, 0.2) is 0 Å². The summed E-state index contributed by atoms with van der Waals surface area (Å²) in [5.74, 6) is 0. The molecule has 0 amide bonds. The highest BCUT2D eigenvalue weighted by Crippen LogP contribution is 2.75. The smallest absolute Gasteiger partial charge is 0.0623 e. The molecule has 81 heavy (non-hydrogen) atoms. The van der Waals surface area contributed by atoms with E-state index < -0.39 is 10.0 Å². The first-order chi connectivity index (χ1) is 40.2. The van der Waals surface area contributed by atoms with Crippen LogP contribution in [0.3, 0.4) is 0 Å². The van der Waals surface area contributed by atoms with E-state index in [1.54, 1.807) is 0 Å². The van der Waals surface area contributed by atoms with E-state index in [0.717, 1.165) is 46.5 Å². The van der Waals surface area contributed by atoms with Crippen LogP contribution >= 0.6 is 10.0 Å². The van der Waals surface area contributed by atoms with Crippen LogP contribution in [0.4, 0.5) is 0 Å². The summed E-state index contributed by atoms with van der Waals surface area (Å²) in [4.78, 5) is 5.00. The molecule has 12 aromatic carbocycles. The predicted octanol–water partition coefficient (Wildman–Crippen LogP) is 21.0. The zero-order valence-corrected chi connectivity index (χ0v) is 45.4. The molecule has 0 N–H and O–H groups in total. The Morgan fingerprint density at radius 3 is 1.48 bits per heavy atom.